The maximum Gasteiger partial charge on any atom is 0.328 e. The number of carboxylic acid groups (broad SMARTS) is 1. The van der Waals surface area contributed by atoms with Crippen molar-refractivity contribution in [1.82, 2.24) is 0 Å². The molecule has 110 valence electrons. The summed E-state index contributed by atoms with van der Waals surface area (Å²) >= 11 is 5.91. The van der Waals surface area contributed by atoms with E-state index in [2.05, 4.69) is 6.92 Å². The minimum Gasteiger partial charge on any atom is -0.493 e. The standard InChI is InChI=1S/C16H21ClO3/c1-2-3-4-5-6-11-20-15-9-8-14(17)12-13(15)7-10-16(18)19/h7-10,12H,2-6,11H2,1H3,(H,18,19)/b10-7+. The van der Waals surface area contributed by atoms with Crippen molar-refractivity contribution in [3.63, 3.8) is 0 Å². The number of rotatable bonds is 9. The number of carboxylic acids is 1. The van der Waals surface area contributed by atoms with E-state index in [0.717, 1.165) is 18.9 Å². The summed E-state index contributed by atoms with van der Waals surface area (Å²) in [7, 11) is 0. The highest BCUT2D eigenvalue weighted by molar-refractivity contribution is 6.30. The highest BCUT2D eigenvalue weighted by atomic mass is 35.5. The first-order valence-corrected chi connectivity index (χ1v) is 7.34. The van der Waals surface area contributed by atoms with Crippen LogP contribution >= 0.6 is 11.6 Å². The summed E-state index contributed by atoms with van der Waals surface area (Å²) in [6.07, 6.45) is 8.45. The molecule has 0 saturated carbocycles. The van der Waals surface area contributed by atoms with Crippen LogP contribution in [0.1, 0.15) is 44.6 Å². The summed E-state index contributed by atoms with van der Waals surface area (Å²) < 4.78 is 5.70. The lowest BCUT2D eigenvalue weighted by Crippen LogP contribution is -1.99. The van der Waals surface area contributed by atoms with Gasteiger partial charge in [0.15, 0.2) is 0 Å². The van der Waals surface area contributed by atoms with E-state index < -0.39 is 5.97 Å². The fourth-order valence-corrected chi connectivity index (χ4v) is 2.01. The predicted octanol–water partition coefficient (Wildman–Crippen LogP) is 4.79. The van der Waals surface area contributed by atoms with Gasteiger partial charge in [0.05, 0.1) is 6.61 Å². The molecular formula is C16H21ClO3. The molecule has 0 fully saturated rings. The number of hydrogen-bond donors (Lipinski definition) is 1. The highest BCUT2D eigenvalue weighted by Crippen LogP contribution is 2.24. The summed E-state index contributed by atoms with van der Waals surface area (Å²) in [5.74, 6) is -0.321. The molecule has 0 saturated heterocycles. The van der Waals surface area contributed by atoms with Gasteiger partial charge < -0.3 is 9.84 Å². The van der Waals surface area contributed by atoms with Crippen molar-refractivity contribution in [3.8, 4) is 5.75 Å². The second kappa shape index (κ2) is 9.43. The van der Waals surface area contributed by atoms with E-state index in [-0.39, 0.29) is 0 Å². The second-order valence-corrected chi connectivity index (χ2v) is 5.05. The first-order chi connectivity index (χ1) is 9.63. The molecule has 4 heteroatoms. The largest absolute Gasteiger partial charge is 0.493 e. The first kappa shape index (κ1) is 16.6. The molecule has 0 aromatic heterocycles. The van der Waals surface area contributed by atoms with E-state index in [1.165, 1.54) is 25.3 Å². The zero-order valence-electron chi connectivity index (χ0n) is 11.8. The van der Waals surface area contributed by atoms with Crippen LogP contribution in [0.2, 0.25) is 5.02 Å². The molecule has 1 aromatic carbocycles. The van der Waals surface area contributed by atoms with Gasteiger partial charge >= 0.3 is 5.97 Å². The average Bonchev–Trinajstić information content (AvgIpc) is 2.42. The Bertz CT molecular complexity index is 455. The Kier molecular flexibility index (Phi) is 7.81. The summed E-state index contributed by atoms with van der Waals surface area (Å²) in [5.41, 5.74) is 0.688. The Morgan fingerprint density at radius 1 is 1.30 bits per heavy atom. The van der Waals surface area contributed by atoms with Crippen LogP contribution < -0.4 is 4.74 Å². The predicted molar refractivity (Wildman–Crippen MR) is 82.4 cm³/mol. The maximum atomic E-state index is 10.6. The Balaban J connectivity index is 2.53. The number of unbranched alkanes of at least 4 members (excludes halogenated alkanes) is 4. The van der Waals surface area contributed by atoms with Gasteiger partial charge in [0.1, 0.15) is 5.75 Å². The molecule has 1 aromatic rings. The number of hydrogen-bond acceptors (Lipinski definition) is 2. The quantitative estimate of drug-likeness (QED) is 0.526. The number of carbonyl (C=O) groups is 1. The van der Waals surface area contributed by atoms with Crippen molar-refractivity contribution in [2.75, 3.05) is 6.61 Å². The van der Waals surface area contributed by atoms with Gasteiger partial charge in [-0.25, -0.2) is 4.79 Å². The van der Waals surface area contributed by atoms with Crippen LogP contribution in [0.3, 0.4) is 0 Å². The van der Waals surface area contributed by atoms with Crippen LogP contribution in [0.25, 0.3) is 6.08 Å². The first-order valence-electron chi connectivity index (χ1n) is 6.97. The molecule has 0 aliphatic carbocycles. The van der Waals surface area contributed by atoms with Gasteiger partial charge in [-0.05, 0) is 30.7 Å². The molecule has 20 heavy (non-hydrogen) atoms. The third kappa shape index (κ3) is 6.62. The van der Waals surface area contributed by atoms with E-state index in [4.69, 9.17) is 21.4 Å². The normalized spacial score (nSPS) is 10.9. The van der Waals surface area contributed by atoms with Crippen molar-refractivity contribution in [2.24, 2.45) is 0 Å². The van der Waals surface area contributed by atoms with Crippen molar-refractivity contribution in [2.45, 2.75) is 39.0 Å². The van der Waals surface area contributed by atoms with Gasteiger partial charge in [0, 0.05) is 16.7 Å². The zero-order chi connectivity index (χ0) is 14.8. The molecule has 0 spiro atoms. The van der Waals surface area contributed by atoms with Gasteiger partial charge in [0.2, 0.25) is 0 Å². The monoisotopic (exact) mass is 296 g/mol. The SMILES string of the molecule is CCCCCCCOc1ccc(Cl)cc1/C=C/C(=O)O. The van der Waals surface area contributed by atoms with Gasteiger partial charge in [-0.3, -0.25) is 0 Å². The number of ether oxygens (including phenoxy) is 1. The molecule has 0 bridgehead atoms. The van der Waals surface area contributed by atoms with Gasteiger partial charge in [-0.1, -0.05) is 44.2 Å². The van der Waals surface area contributed by atoms with E-state index in [1.54, 1.807) is 18.2 Å². The third-order valence-corrected chi connectivity index (χ3v) is 3.12. The molecule has 0 atom stereocenters. The number of benzene rings is 1. The second-order valence-electron chi connectivity index (χ2n) is 4.62. The molecule has 0 aliphatic heterocycles. The third-order valence-electron chi connectivity index (χ3n) is 2.88. The van der Waals surface area contributed by atoms with E-state index in [0.29, 0.717) is 22.9 Å². The minimum absolute atomic E-state index is 0.560. The van der Waals surface area contributed by atoms with Crippen LogP contribution in [-0.2, 0) is 4.79 Å². The lowest BCUT2D eigenvalue weighted by Gasteiger charge is -2.09. The van der Waals surface area contributed by atoms with E-state index in [1.807, 2.05) is 0 Å². The van der Waals surface area contributed by atoms with E-state index in [9.17, 15) is 4.79 Å². The van der Waals surface area contributed by atoms with Crippen LogP contribution in [0, 0.1) is 0 Å². The summed E-state index contributed by atoms with van der Waals surface area (Å²) in [6, 6.07) is 5.22. The van der Waals surface area contributed by atoms with Gasteiger partial charge in [-0.2, -0.15) is 0 Å². The van der Waals surface area contributed by atoms with Crippen molar-refractivity contribution >= 4 is 23.6 Å². The summed E-state index contributed by atoms with van der Waals surface area (Å²) in [4.78, 5) is 10.6. The van der Waals surface area contributed by atoms with Gasteiger partial charge in [-0.15, -0.1) is 0 Å². The van der Waals surface area contributed by atoms with Crippen LogP contribution in [0.4, 0.5) is 0 Å². The summed E-state index contributed by atoms with van der Waals surface area (Å²) in [6.45, 7) is 2.82. The molecular weight excluding hydrogens is 276 g/mol. The lowest BCUT2D eigenvalue weighted by atomic mass is 10.1. The van der Waals surface area contributed by atoms with Crippen molar-refractivity contribution in [1.29, 1.82) is 0 Å². The smallest absolute Gasteiger partial charge is 0.328 e. The molecule has 0 heterocycles. The lowest BCUT2D eigenvalue weighted by molar-refractivity contribution is -0.131. The Morgan fingerprint density at radius 3 is 2.75 bits per heavy atom. The van der Waals surface area contributed by atoms with Crippen LogP contribution in [0.5, 0.6) is 5.75 Å². The maximum absolute atomic E-state index is 10.6. The molecule has 1 N–H and O–H groups in total. The molecule has 0 radical (unpaired) electrons. The van der Waals surface area contributed by atoms with Crippen LogP contribution in [0.15, 0.2) is 24.3 Å². The molecule has 0 amide bonds. The fraction of sp³-hybridized carbons (Fsp3) is 0.438. The Hall–Kier alpha value is -1.48. The van der Waals surface area contributed by atoms with Gasteiger partial charge in [0.25, 0.3) is 0 Å². The highest BCUT2D eigenvalue weighted by Gasteiger charge is 2.03. The Morgan fingerprint density at radius 2 is 2.05 bits per heavy atom. The topological polar surface area (TPSA) is 46.5 Å². The molecule has 0 aliphatic rings. The summed E-state index contributed by atoms with van der Waals surface area (Å²) in [5, 5.41) is 9.23. The molecule has 3 nitrogen and oxygen atoms in total. The Labute approximate surface area is 125 Å². The zero-order valence-corrected chi connectivity index (χ0v) is 12.5. The van der Waals surface area contributed by atoms with Crippen LogP contribution in [-0.4, -0.2) is 17.7 Å². The van der Waals surface area contributed by atoms with Crippen molar-refractivity contribution < 1.29 is 14.6 Å². The van der Waals surface area contributed by atoms with E-state index >= 15 is 0 Å². The molecule has 0 unspecified atom stereocenters. The molecule has 1 rings (SSSR count). The number of halogens is 1. The fourth-order valence-electron chi connectivity index (χ4n) is 1.83. The average molecular weight is 297 g/mol. The van der Waals surface area contributed by atoms with Crippen molar-refractivity contribution in [3.05, 3.63) is 34.9 Å². The minimum atomic E-state index is -0.990. The number of aliphatic carboxylic acids is 1.